The van der Waals surface area contributed by atoms with E-state index in [4.69, 9.17) is 0 Å². The molecule has 18 heavy (non-hydrogen) atoms. The van der Waals surface area contributed by atoms with Crippen molar-refractivity contribution in [2.45, 2.75) is 46.3 Å². The van der Waals surface area contributed by atoms with Crippen molar-refractivity contribution in [3.8, 4) is 0 Å². The number of aromatic nitrogens is 3. The maximum Gasteiger partial charge on any atom is 0.109 e. The molecule has 0 radical (unpaired) electrons. The Kier molecular flexibility index (Phi) is 4.14. The van der Waals surface area contributed by atoms with Crippen molar-refractivity contribution >= 4 is 11.3 Å². The van der Waals surface area contributed by atoms with Crippen molar-refractivity contribution in [3.05, 3.63) is 34.0 Å². The second kappa shape index (κ2) is 5.63. The number of hydrogen-bond donors (Lipinski definition) is 1. The van der Waals surface area contributed by atoms with Crippen LogP contribution in [0.15, 0.2) is 18.6 Å². The van der Waals surface area contributed by atoms with E-state index >= 15 is 0 Å². The predicted octanol–water partition coefficient (Wildman–Crippen LogP) is 3.08. The Morgan fingerprint density at radius 1 is 1.33 bits per heavy atom. The van der Waals surface area contributed by atoms with Crippen LogP contribution in [0, 0.1) is 6.92 Å². The summed E-state index contributed by atoms with van der Waals surface area (Å²) in [5, 5.41) is 8.95. The molecule has 0 aliphatic heterocycles. The molecule has 5 heteroatoms. The molecule has 1 atom stereocenters. The highest BCUT2D eigenvalue weighted by Crippen LogP contribution is 2.19. The smallest absolute Gasteiger partial charge is 0.109 e. The zero-order chi connectivity index (χ0) is 13.1. The van der Waals surface area contributed by atoms with Crippen LogP contribution in [0.3, 0.4) is 0 Å². The van der Waals surface area contributed by atoms with Crippen LogP contribution in [0.1, 0.15) is 48.3 Å². The van der Waals surface area contributed by atoms with E-state index in [1.54, 1.807) is 11.3 Å². The Labute approximate surface area is 112 Å². The minimum Gasteiger partial charge on any atom is -0.304 e. The summed E-state index contributed by atoms with van der Waals surface area (Å²) < 4.78 is 1.98. The second-order valence-electron chi connectivity index (χ2n) is 4.83. The van der Waals surface area contributed by atoms with Gasteiger partial charge in [-0.25, -0.2) is 4.98 Å². The molecular formula is C13H20N4S. The quantitative estimate of drug-likeness (QED) is 0.902. The SMILES string of the molecule is Cc1cnc(C(C)NCc2cnn(C(C)C)c2)s1. The first kappa shape index (κ1) is 13.2. The van der Waals surface area contributed by atoms with Crippen molar-refractivity contribution in [2.24, 2.45) is 0 Å². The number of rotatable bonds is 5. The molecule has 1 unspecified atom stereocenters. The van der Waals surface area contributed by atoms with Gasteiger partial charge in [0.25, 0.3) is 0 Å². The maximum atomic E-state index is 4.40. The van der Waals surface area contributed by atoms with E-state index in [1.807, 2.05) is 17.1 Å². The molecule has 0 fully saturated rings. The van der Waals surface area contributed by atoms with Gasteiger partial charge in [-0.2, -0.15) is 5.10 Å². The summed E-state index contributed by atoms with van der Waals surface area (Å²) in [4.78, 5) is 5.65. The number of thiazole rings is 1. The summed E-state index contributed by atoms with van der Waals surface area (Å²) >= 11 is 1.75. The predicted molar refractivity (Wildman–Crippen MR) is 74.7 cm³/mol. The van der Waals surface area contributed by atoms with E-state index in [-0.39, 0.29) is 6.04 Å². The fourth-order valence-electron chi connectivity index (χ4n) is 1.68. The summed E-state index contributed by atoms with van der Waals surface area (Å²) in [6.45, 7) is 9.31. The van der Waals surface area contributed by atoms with E-state index in [0.29, 0.717) is 6.04 Å². The van der Waals surface area contributed by atoms with E-state index < -0.39 is 0 Å². The minimum absolute atomic E-state index is 0.283. The van der Waals surface area contributed by atoms with Gasteiger partial charge in [0.15, 0.2) is 0 Å². The summed E-state index contributed by atoms with van der Waals surface area (Å²) in [6.07, 6.45) is 5.94. The van der Waals surface area contributed by atoms with Gasteiger partial charge < -0.3 is 5.32 Å². The molecule has 98 valence electrons. The molecule has 2 aromatic heterocycles. The van der Waals surface area contributed by atoms with Crippen LogP contribution in [-0.2, 0) is 6.54 Å². The number of nitrogens with one attached hydrogen (secondary N) is 1. The highest BCUT2D eigenvalue weighted by atomic mass is 32.1. The Hall–Kier alpha value is -1.20. The van der Waals surface area contributed by atoms with E-state index in [1.165, 1.54) is 10.4 Å². The third-order valence-corrected chi connectivity index (χ3v) is 3.90. The van der Waals surface area contributed by atoms with E-state index in [0.717, 1.165) is 11.6 Å². The molecule has 0 aliphatic rings. The third-order valence-electron chi connectivity index (χ3n) is 2.81. The molecule has 0 saturated carbocycles. The zero-order valence-electron chi connectivity index (χ0n) is 11.3. The zero-order valence-corrected chi connectivity index (χ0v) is 12.2. The topological polar surface area (TPSA) is 42.7 Å². The number of nitrogens with zero attached hydrogens (tertiary/aromatic N) is 3. The van der Waals surface area contributed by atoms with Crippen LogP contribution in [0.2, 0.25) is 0 Å². The van der Waals surface area contributed by atoms with Gasteiger partial charge in [-0.3, -0.25) is 4.68 Å². The monoisotopic (exact) mass is 264 g/mol. The molecule has 0 spiro atoms. The second-order valence-corrected chi connectivity index (χ2v) is 6.10. The first-order chi connectivity index (χ1) is 8.56. The molecule has 0 aliphatic carbocycles. The summed E-state index contributed by atoms with van der Waals surface area (Å²) in [5.74, 6) is 0. The fraction of sp³-hybridized carbons (Fsp3) is 0.538. The lowest BCUT2D eigenvalue weighted by Gasteiger charge is -2.09. The Balaban J connectivity index is 1.90. The largest absolute Gasteiger partial charge is 0.304 e. The molecule has 1 N–H and O–H groups in total. The summed E-state index contributed by atoms with van der Waals surface area (Å²) in [5.41, 5.74) is 1.21. The standard InChI is InChI=1S/C13H20N4S/c1-9(2)17-8-12(7-16-17)6-14-11(4)13-15-5-10(3)18-13/h5,7-9,11,14H,6H2,1-4H3. The average Bonchev–Trinajstić information content (AvgIpc) is 2.94. The normalized spacial score (nSPS) is 13.2. The van der Waals surface area contributed by atoms with Gasteiger partial charge >= 0.3 is 0 Å². The van der Waals surface area contributed by atoms with Crippen LogP contribution in [0.4, 0.5) is 0 Å². The van der Waals surface area contributed by atoms with Crippen molar-refractivity contribution in [1.82, 2.24) is 20.1 Å². The van der Waals surface area contributed by atoms with Crippen LogP contribution < -0.4 is 5.32 Å². The molecule has 4 nitrogen and oxygen atoms in total. The molecule has 0 amide bonds. The Morgan fingerprint density at radius 2 is 2.11 bits per heavy atom. The molecule has 0 aromatic carbocycles. The molecule has 0 bridgehead atoms. The van der Waals surface area contributed by atoms with Gasteiger partial charge in [0.05, 0.1) is 12.2 Å². The lowest BCUT2D eigenvalue weighted by Crippen LogP contribution is -2.17. The summed E-state index contributed by atoms with van der Waals surface area (Å²) in [7, 11) is 0. The number of hydrogen-bond acceptors (Lipinski definition) is 4. The maximum absolute atomic E-state index is 4.40. The van der Waals surface area contributed by atoms with Crippen LogP contribution >= 0.6 is 11.3 Å². The van der Waals surface area contributed by atoms with Crippen molar-refractivity contribution in [2.75, 3.05) is 0 Å². The van der Waals surface area contributed by atoms with E-state index in [9.17, 15) is 0 Å². The highest BCUT2D eigenvalue weighted by Gasteiger charge is 2.09. The lowest BCUT2D eigenvalue weighted by atomic mass is 10.3. The molecule has 2 aromatic rings. The molecule has 2 heterocycles. The van der Waals surface area contributed by atoms with Gasteiger partial charge in [-0.15, -0.1) is 11.3 Å². The van der Waals surface area contributed by atoms with E-state index in [2.05, 4.69) is 49.3 Å². The van der Waals surface area contributed by atoms with Gasteiger partial charge in [0, 0.05) is 35.4 Å². The fourth-order valence-corrected chi connectivity index (χ4v) is 2.48. The minimum atomic E-state index is 0.283. The highest BCUT2D eigenvalue weighted by molar-refractivity contribution is 7.11. The van der Waals surface area contributed by atoms with Crippen LogP contribution in [0.5, 0.6) is 0 Å². The molecular weight excluding hydrogens is 244 g/mol. The van der Waals surface area contributed by atoms with Gasteiger partial charge in [0.1, 0.15) is 5.01 Å². The average molecular weight is 264 g/mol. The first-order valence-electron chi connectivity index (χ1n) is 6.25. The van der Waals surface area contributed by atoms with Crippen molar-refractivity contribution in [3.63, 3.8) is 0 Å². The van der Waals surface area contributed by atoms with Gasteiger partial charge in [-0.1, -0.05) is 0 Å². The van der Waals surface area contributed by atoms with Crippen LogP contribution in [0.25, 0.3) is 0 Å². The summed E-state index contributed by atoms with van der Waals surface area (Å²) in [6, 6.07) is 0.698. The Bertz CT molecular complexity index is 501. The Morgan fingerprint density at radius 3 is 2.67 bits per heavy atom. The molecule has 0 saturated heterocycles. The van der Waals surface area contributed by atoms with Crippen molar-refractivity contribution < 1.29 is 0 Å². The number of aryl methyl sites for hydroxylation is 1. The van der Waals surface area contributed by atoms with Crippen molar-refractivity contribution in [1.29, 1.82) is 0 Å². The lowest BCUT2D eigenvalue weighted by molar-refractivity contribution is 0.530. The molecule has 2 rings (SSSR count). The van der Waals surface area contributed by atoms with Gasteiger partial charge in [0.2, 0.25) is 0 Å². The van der Waals surface area contributed by atoms with Crippen LogP contribution in [-0.4, -0.2) is 14.8 Å². The van der Waals surface area contributed by atoms with Gasteiger partial charge in [-0.05, 0) is 27.7 Å². The third kappa shape index (κ3) is 3.17. The first-order valence-corrected chi connectivity index (χ1v) is 7.06.